The van der Waals surface area contributed by atoms with Gasteiger partial charge in [-0.1, -0.05) is 20.3 Å². The number of hydrogen-bond acceptors (Lipinski definition) is 2. The predicted molar refractivity (Wildman–Crippen MR) is 49.7 cm³/mol. The summed E-state index contributed by atoms with van der Waals surface area (Å²) < 4.78 is 0. The monoisotopic (exact) mass is 180 g/mol. The highest BCUT2D eigenvalue weighted by Gasteiger charge is 2.39. The normalized spacial score (nSPS) is 27.5. The first-order valence-electron chi connectivity index (χ1n) is 4.89. The van der Waals surface area contributed by atoms with Crippen LogP contribution in [0.2, 0.25) is 0 Å². The molecule has 1 rings (SSSR count). The lowest BCUT2D eigenvalue weighted by molar-refractivity contribution is -0.123. The summed E-state index contributed by atoms with van der Waals surface area (Å²) in [5.41, 5.74) is 0. The quantitative estimate of drug-likeness (QED) is 0.712. The Labute approximate surface area is 79.1 Å². The van der Waals surface area contributed by atoms with E-state index >= 15 is 0 Å². The van der Waals surface area contributed by atoms with Crippen LogP contribution in [0.25, 0.3) is 0 Å². The highest BCUT2D eigenvalue weighted by atomic mass is 16.2. The maximum Gasteiger partial charge on any atom is 0.224 e. The summed E-state index contributed by atoms with van der Waals surface area (Å²) in [5, 5.41) is 11.5. The Hall–Kier alpha value is -1.04. The molecule has 0 aliphatic heterocycles. The summed E-state index contributed by atoms with van der Waals surface area (Å²) in [5.74, 6) is 0.751. The molecule has 0 saturated heterocycles. The number of carbonyl (C=O) groups excluding carboxylic acids is 1. The molecule has 1 aliphatic carbocycles. The van der Waals surface area contributed by atoms with E-state index in [1.807, 2.05) is 6.92 Å². The minimum absolute atomic E-state index is 0.0625. The number of rotatable bonds is 4. The van der Waals surface area contributed by atoms with Gasteiger partial charge in [0.1, 0.15) is 6.04 Å². The highest BCUT2D eigenvalue weighted by molar-refractivity contribution is 5.81. The second-order valence-corrected chi connectivity index (χ2v) is 3.80. The molecule has 0 aromatic heterocycles. The lowest BCUT2D eigenvalue weighted by Gasteiger charge is -2.09. The molecule has 1 amide bonds. The number of nitrogens with one attached hydrogen (secondary N) is 1. The second kappa shape index (κ2) is 4.27. The Kier molecular flexibility index (Phi) is 3.30. The summed E-state index contributed by atoms with van der Waals surface area (Å²) in [7, 11) is 0. The molecule has 1 fully saturated rings. The van der Waals surface area contributed by atoms with Gasteiger partial charge < -0.3 is 5.32 Å². The molecule has 0 aromatic rings. The van der Waals surface area contributed by atoms with Gasteiger partial charge in [-0.2, -0.15) is 5.26 Å². The third kappa shape index (κ3) is 2.73. The van der Waals surface area contributed by atoms with Crippen LogP contribution in [0.1, 0.15) is 33.1 Å². The van der Waals surface area contributed by atoms with Crippen molar-refractivity contribution in [3.63, 3.8) is 0 Å². The molecule has 0 bridgehead atoms. The Morgan fingerprint density at radius 2 is 2.38 bits per heavy atom. The van der Waals surface area contributed by atoms with Crippen LogP contribution in [-0.2, 0) is 4.79 Å². The molecule has 3 atom stereocenters. The van der Waals surface area contributed by atoms with Crippen LogP contribution in [0.3, 0.4) is 0 Å². The topological polar surface area (TPSA) is 52.9 Å². The number of hydrogen-bond donors (Lipinski definition) is 1. The summed E-state index contributed by atoms with van der Waals surface area (Å²) in [6, 6.07) is 1.81. The third-order valence-corrected chi connectivity index (χ3v) is 2.50. The molecular formula is C10H16N2O. The molecule has 0 radical (unpaired) electrons. The van der Waals surface area contributed by atoms with Crippen LogP contribution in [-0.4, -0.2) is 11.9 Å². The van der Waals surface area contributed by atoms with Crippen LogP contribution in [0.4, 0.5) is 0 Å². The zero-order valence-electron chi connectivity index (χ0n) is 8.21. The van der Waals surface area contributed by atoms with E-state index in [2.05, 4.69) is 18.3 Å². The highest BCUT2D eigenvalue weighted by Crippen LogP contribution is 2.37. The maximum atomic E-state index is 11.4. The first kappa shape index (κ1) is 10.0. The van der Waals surface area contributed by atoms with Gasteiger partial charge in [-0.3, -0.25) is 4.79 Å². The van der Waals surface area contributed by atoms with Crippen LogP contribution in [0.5, 0.6) is 0 Å². The van der Waals surface area contributed by atoms with Crippen molar-refractivity contribution in [1.82, 2.24) is 5.32 Å². The molecule has 0 aromatic carbocycles. The predicted octanol–water partition coefficient (Wildman–Crippen LogP) is 1.45. The molecule has 13 heavy (non-hydrogen) atoms. The molecule has 72 valence electrons. The first-order valence-corrected chi connectivity index (χ1v) is 4.89. The first-order chi connectivity index (χ1) is 6.19. The average molecular weight is 180 g/mol. The summed E-state index contributed by atoms with van der Waals surface area (Å²) >= 11 is 0. The summed E-state index contributed by atoms with van der Waals surface area (Å²) in [6.45, 7) is 4.07. The van der Waals surface area contributed by atoms with Gasteiger partial charge in [0.2, 0.25) is 5.91 Å². The largest absolute Gasteiger partial charge is 0.340 e. The minimum Gasteiger partial charge on any atom is -0.340 e. The van der Waals surface area contributed by atoms with Crippen molar-refractivity contribution < 1.29 is 4.79 Å². The number of nitriles is 1. The van der Waals surface area contributed by atoms with Gasteiger partial charge in [-0.15, -0.1) is 0 Å². The van der Waals surface area contributed by atoms with Crippen molar-refractivity contribution >= 4 is 5.91 Å². The van der Waals surface area contributed by atoms with E-state index in [0.717, 1.165) is 19.3 Å². The van der Waals surface area contributed by atoms with Crippen molar-refractivity contribution in [2.75, 3.05) is 0 Å². The molecule has 3 heteroatoms. The van der Waals surface area contributed by atoms with Gasteiger partial charge in [0, 0.05) is 5.92 Å². The van der Waals surface area contributed by atoms with Crippen LogP contribution in [0, 0.1) is 23.2 Å². The van der Waals surface area contributed by atoms with Gasteiger partial charge in [0.05, 0.1) is 6.07 Å². The van der Waals surface area contributed by atoms with Crippen LogP contribution in [0.15, 0.2) is 0 Å². The zero-order valence-corrected chi connectivity index (χ0v) is 8.21. The van der Waals surface area contributed by atoms with E-state index in [0.29, 0.717) is 5.92 Å². The number of nitrogens with zero attached hydrogens (tertiary/aromatic N) is 1. The van der Waals surface area contributed by atoms with Gasteiger partial charge >= 0.3 is 0 Å². The van der Waals surface area contributed by atoms with Gasteiger partial charge in [0.15, 0.2) is 0 Å². The standard InChI is InChI=1S/C10H16N2O/c1-3-4-8(6-11)12-10(13)9-5-7(9)2/h7-9H,3-5H2,1-2H3,(H,12,13). The average Bonchev–Trinajstić information content (AvgIpc) is 2.82. The number of carbonyl (C=O) groups is 1. The molecule has 1 saturated carbocycles. The van der Waals surface area contributed by atoms with E-state index in [-0.39, 0.29) is 17.9 Å². The van der Waals surface area contributed by atoms with E-state index in [9.17, 15) is 4.79 Å². The van der Waals surface area contributed by atoms with Crippen molar-refractivity contribution in [1.29, 1.82) is 5.26 Å². The van der Waals surface area contributed by atoms with Crippen molar-refractivity contribution in [2.45, 2.75) is 39.2 Å². The van der Waals surface area contributed by atoms with E-state index in [1.54, 1.807) is 0 Å². The van der Waals surface area contributed by atoms with Crippen molar-refractivity contribution in [2.24, 2.45) is 11.8 Å². The van der Waals surface area contributed by atoms with Gasteiger partial charge in [-0.25, -0.2) is 0 Å². The van der Waals surface area contributed by atoms with Crippen molar-refractivity contribution in [3.8, 4) is 6.07 Å². The Morgan fingerprint density at radius 3 is 2.77 bits per heavy atom. The fraction of sp³-hybridized carbons (Fsp3) is 0.800. The third-order valence-electron chi connectivity index (χ3n) is 2.50. The smallest absolute Gasteiger partial charge is 0.224 e. The molecule has 3 nitrogen and oxygen atoms in total. The van der Waals surface area contributed by atoms with Crippen LogP contribution < -0.4 is 5.32 Å². The van der Waals surface area contributed by atoms with Gasteiger partial charge in [-0.05, 0) is 18.8 Å². The van der Waals surface area contributed by atoms with Gasteiger partial charge in [0.25, 0.3) is 0 Å². The Bertz CT molecular complexity index is 232. The molecule has 0 heterocycles. The molecular weight excluding hydrogens is 164 g/mol. The fourth-order valence-electron chi connectivity index (χ4n) is 1.42. The van der Waals surface area contributed by atoms with E-state index in [1.165, 1.54) is 0 Å². The summed E-state index contributed by atoms with van der Waals surface area (Å²) in [4.78, 5) is 11.4. The lowest BCUT2D eigenvalue weighted by Crippen LogP contribution is -2.34. The number of amides is 1. The van der Waals surface area contributed by atoms with E-state index in [4.69, 9.17) is 5.26 Å². The second-order valence-electron chi connectivity index (χ2n) is 3.80. The Morgan fingerprint density at radius 1 is 1.77 bits per heavy atom. The Balaban J connectivity index is 2.30. The molecule has 3 unspecified atom stereocenters. The fourth-order valence-corrected chi connectivity index (χ4v) is 1.42. The summed E-state index contributed by atoms with van der Waals surface area (Å²) in [6.07, 6.45) is 2.66. The zero-order chi connectivity index (χ0) is 9.84. The minimum atomic E-state index is -0.287. The maximum absolute atomic E-state index is 11.4. The molecule has 0 spiro atoms. The van der Waals surface area contributed by atoms with Crippen molar-refractivity contribution in [3.05, 3.63) is 0 Å². The SMILES string of the molecule is CCCC(C#N)NC(=O)C1CC1C. The lowest BCUT2D eigenvalue weighted by atomic mass is 10.2. The molecule has 1 N–H and O–H groups in total. The molecule has 1 aliphatic rings. The van der Waals surface area contributed by atoms with Crippen LogP contribution >= 0.6 is 0 Å². The van der Waals surface area contributed by atoms with E-state index < -0.39 is 0 Å².